The molecule has 0 spiro atoms. The summed E-state index contributed by atoms with van der Waals surface area (Å²) in [6.07, 6.45) is 1.78. The van der Waals surface area contributed by atoms with Crippen molar-refractivity contribution in [1.82, 2.24) is 4.98 Å². The second-order valence-electron chi connectivity index (χ2n) is 4.89. The molecule has 22 heavy (non-hydrogen) atoms. The SMILES string of the molecule is C=Cc1nc(-c2ccc(OC)c(OC)c2)cc2ccccc12. The smallest absolute Gasteiger partial charge is 0.161 e. The van der Waals surface area contributed by atoms with Gasteiger partial charge in [0.25, 0.3) is 0 Å². The number of aromatic nitrogens is 1. The van der Waals surface area contributed by atoms with E-state index in [9.17, 15) is 0 Å². The molecule has 0 aliphatic carbocycles. The summed E-state index contributed by atoms with van der Waals surface area (Å²) in [6, 6.07) is 16.0. The van der Waals surface area contributed by atoms with Crippen molar-refractivity contribution in [2.45, 2.75) is 0 Å². The number of ether oxygens (including phenoxy) is 2. The minimum absolute atomic E-state index is 0.690. The molecule has 0 N–H and O–H groups in total. The average Bonchev–Trinajstić information content (AvgIpc) is 2.60. The number of fused-ring (bicyclic) bond motifs is 1. The van der Waals surface area contributed by atoms with Crippen LogP contribution in [0.5, 0.6) is 11.5 Å². The van der Waals surface area contributed by atoms with Crippen molar-refractivity contribution in [3.63, 3.8) is 0 Å². The zero-order chi connectivity index (χ0) is 15.5. The molecular weight excluding hydrogens is 274 g/mol. The topological polar surface area (TPSA) is 31.4 Å². The molecule has 3 heteroatoms. The van der Waals surface area contributed by atoms with E-state index < -0.39 is 0 Å². The number of benzene rings is 2. The molecule has 0 bridgehead atoms. The van der Waals surface area contributed by atoms with Gasteiger partial charge < -0.3 is 9.47 Å². The van der Waals surface area contributed by atoms with E-state index in [0.717, 1.165) is 27.7 Å². The fourth-order valence-corrected chi connectivity index (χ4v) is 2.52. The standard InChI is InChI=1S/C19H17NO2/c1-4-16-15-8-6-5-7-13(15)11-17(20-16)14-9-10-18(21-2)19(12-14)22-3/h4-12H,1H2,2-3H3. The maximum absolute atomic E-state index is 5.37. The van der Waals surface area contributed by atoms with Crippen LogP contribution < -0.4 is 9.47 Å². The molecule has 0 saturated carbocycles. The van der Waals surface area contributed by atoms with Gasteiger partial charge in [-0.2, -0.15) is 0 Å². The van der Waals surface area contributed by atoms with E-state index >= 15 is 0 Å². The molecule has 1 aromatic heterocycles. The molecule has 110 valence electrons. The van der Waals surface area contributed by atoms with Gasteiger partial charge in [-0.15, -0.1) is 0 Å². The van der Waals surface area contributed by atoms with Crippen LogP contribution in [0.2, 0.25) is 0 Å². The quantitative estimate of drug-likeness (QED) is 0.706. The number of pyridine rings is 1. The lowest BCUT2D eigenvalue weighted by Gasteiger charge is -2.11. The Balaban J connectivity index is 2.20. The maximum atomic E-state index is 5.37. The van der Waals surface area contributed by atoms with E-state index in [4.69, 9.17) is 14.5 Å². The first kappa shape index (κ1) is 14.1. The molecule has 0 fully saturated rings. The van der Waals surface area contributed by atoms with Crippen molar-refractivity contribution in [3.05, 3.63) is 60.8 Å². The minimum atomic E-state index is 0.690. The van der Waals surface area contributed by atoms with Gasteiger partial charge in [0.2, 0.25) is 0 Å². The Morgan fingerprint density at radius 3 is 2.45 bits per heavy atom. The molecule has 0 amide bonds. The molecule has 0 aliphatic heterocycles. The zero-order valence-electron chi connectivity index (χ0n) is 12.7. The molecule has 0 unspecified atom stereocenters. The Kier molecular flexibility index (Phi) is 3.79. The molecule has 0 radical (unpaired) electrons. The van der Waals surface area contributed by atoms with Gasteiger partial charge in [0.15, 0.2) is 11.5 Å². The Bertz CT molecular complexity index is 840. The van der Waals surface area contributed by atoms with Crippen LogP contribution in [-0.2, 0) is 0 Å². The van der Waals surface area contributed by atoms with Gasteiger partial charge in [-0.05, 0) is 35.7 Å². The van der Waals surface area contributed by atoms with Crippen LogP contribution in [0.25, 0.3) is 28.1 Å². The van der Waals surface area contributed by atoms with Crippen LogP contribution in [0.3, 0.4) is 0 Å². The fraction of sp³-hybridized carbons (Fsp3) is 0.105. The van der Waals surface area contributed by atoms with Crippen LogP contribution in [0, 0.1) is 0 Å². The number of nitrogens with zero attached hydrogens (tertiary/aromatic N) is 1. The van der Waals surface area contributed by atoms with Crippen LogP contribution in [0.4, 0.5) is 0 Å². The predicted octanol–water partition coefficient (Wildman–Crippen LogP) is 4.56. The van der Waals surface area contributed by atoms with Gasteiger partial charge in [0, 0.05) is 10.9 Å². The maximum Gasteiger partial charge on any atom is 0.161 e. The van der Waals surface area contributed by atoms with Crippen molar-refractivity contribution in [2.75, 3.05) is 14.2 Å². The number of methoxy groups -OCH3 is 2. The molecule has 0 atom stereocenters. The average molecular weight is 291 g/mol. The Morgan fingerprint density at radius 2 is 1.73 bits per heavy atom. The summed E-state index contributed by atoms with van der Waals surface area (Å²) in [5.74, 6) is 1.39. The van der Waals surface area contributed by atoms with E-state index in [0.29, 0.717) is 11.5 Å². The molecule has 3 nitrogen and oxygen atoms in total. The van der Waals surface area contributed by atoms with Crippen LogP contribution >= 0.6 is 0 Å². The lowest BCUT2D eigenvalue weighted by Crippen LogP contribution is -1.93. The summed E-state index contributed by atoms with van der Waals surface area (Å²) in [6.45, 7) is 3.87. The highest BCUT2D eigenvalue weighted by Crippen LogP contribution is 2.33. The van der Waals surface area contributed by atoms with Gasteiger partial charge in [-0.1, -0.05) is 30.8 Å². The second-order valence-corrected chi connectivity index (χ2v) is 4.89. The Labute approximate surface area is 129 Å². The van der Waals surface area contributed by atoms with Gasteiger partial charge >= 0.3 is 0 Å². The first-order valence-corrected chi connectivity index (χ1v) is 7.01. The highest BCUT2D eigenvalue weighted by Gasteiger charge is 2.09. The Morgan fingerprint density at radius 1 is 0.955 bits per heavy atom. The molecule has 3 aromatic rings. The summed E-state index contributed by atoms with van der Waals surface area (Å²) >= 11 is 0. The molecule has 2 aromatic carbocycles. The summed E-state index contributed by atoms with van der Waals surface area (Å²) < 4.78 is 10.7. The van der Waals surface area contributed by atoms with Gasteiger partial charge in [-0.25, -0.2) is 4.98 Å². The Hall–Kier alpha value is -2.81. The van der Waals surface area contributed by atoms with Crippen molar-refractivity contribution >= 4 is 16.8 Å². The van der Waals surface area contributed by atoms with E-state index in [-0.39, 0.29) is 0 Å². The summed E-state index contributed by atoms with van der Waals surface area (Å²) in [5, 5.41) is 2.24. The minimum Gasteiger partial charge on any atom is -0.493 e. The molecule has 0 aliphatic rings. The van der Waals surface area contributed by atoms with Crippen LogP contribution in [-0.4, -0.2) is 19.2 Å². The molecule has 1 heterocycles. The van der Waals surface area contributed by atoms with Crippen LogP contribution in [0.1, 0.15) is 5.69 Å². The summed E-state index contributed by atoms with van der Waals surface area (Å²) in [4.78, 5) is 4.71. The van der Waals surface area contributed by atoms with E-state index in [1.165, 1.54) is 0 Å². The normalized spacial score (nSPS) is 10.5. The van der Waals surface area contributed by atoms with Crippen molar-refractivity contribution in [3.8, 4) is 22.8 Å². The zero-order valence-corrected chi connectivity index (χ0v) is 12.7. The first-order chi connectivity index (χ1) is 10.8. The summed E-state index contributed by atoms with van der Waals surface area (Å²) in [5.41, 5.74) is 2.74. The third kappa shape index (κ3) is 2.42. The summed E-state index contributed by atoms with van der Waals surface area (Å²) in [7, 11) is 3.26. The van der Waals surface area contributed by atoms with Crippen molar-refractivity contribution in [2.24, 2.45) is 0 Å². The van der Waals surface area contributed by atoms with Crippen molar-refractivity contribution in [1.29, 1.82) is 0 Å². The third-order valence-electron chi connectivity index (χ3n) is 3.64. The lowest BCUT2D eigenvalue weighted by atomic mass is 10.0. The first-order valence-electron chi connectivity index (χ1n) is 7.01. The monoisotopic (exact) mass is 291 g/mol. The highest BCUT2D eigenvalue weighted by molar-refractivity contribution is 5.91. The fourth-order valence-electron chi connectivity index (χ4n) is 2.52. The largest absolute Gasteiger partial charge is 0.493 e. The van der Waals surface area contributed by atoms with Gasteiger partial charge in [0.1, 0.15) is 0 Å². The van der Waals surface area contributed by atoms with Gasteiger partial charge in [0.05, 0.1) is 25.6 Å². The highest BCUT2D eigenvalue weighted by atomic mass is 16.5. The molecular formula is C19H17NO2. The van der Waals surface area contributed by atoms with E-state index in [1.807, 2.05) is 30.3 Å². The second kappa shape index (κ2) is 5.90. The molecule has 3 rings (SSSR count). The lowest BCUT2D eigenvalue weighted by molar-refractivity contribution is 0.355. The number of hydrogen-bond acceptors (Lipinski definition) is 3. The van der Waals surface area contributed by atoms with Crippen LogP contribution in [0.15, 0.2) is 55.1 Å². The van der Waals surface area contributed by atoms with Gasteiger partial charge in [-0.3, -0.25) is 0 Å². The number of rotatable bonds is 4. The van der Waals surface area contributed by atoms with Crippen molar-refractivity contribution < 1.29 is 9.47 Å². The number of hydrogen-bond donors (Lipinski definition) is 0. The third-order valence-corrected chi connectivity index (χ3v) is 3.64. The van der Waals surface area contributed by atoms with E-state index in [2.05, 4.69) is 24.8 Å². The van der Waals surface area contributed by atoms with E-state index in [1.54, 1.807) is 20.3 Å². The predicted molar refractivity (Wildman–Crippen MR) is 90.4 cm³/mol. The molecule has 0 saturated heterocycles.